The molecular formula is C15H26N2. The number of unbranched alkanes of at least 4 members (excludes halogenated alkanes) is 1. The second-order valence-corrected chi connectivity index (χ2v) is 5.64. The molecule has 2 heteroatoms. The van der Waals surface area contributed by atoms with Crippen LogP contribution in [0.1, 0.15) is 76.0 Å². The highest BCUT2D eigenvalue weighted by Gasteiger charge is 2.21. The number of nitrogens with one attached hydrogen (secondary N) is 1. The Kier molecular flexibility index (Phi) is 4.25. The lowest BCUT2D eigenvalue weighted by Gasteiger charge is -2.15. The van der Waals surface area contributed by atoms with Crippen LogP contribution in [0.4, 0.5) is 0 Å². The van der Waals surface area contributed by atoms with Crippen LogP contribution in [0.2, 0.25) is 0 Å². The molecule has 1 aromatic heterocycles. The molecule has 0 aromatic carbocycles. The molecule has 1 N–H and O–H groups in total. The van der Waals surface area contributed by atoms with Crippen LogP contribution in [-0.2, 0) is 12.8 Å². The van der Waals surface area contributed by atoms with Crippen molar-refractivity contribution in [2.24, 2.45) is 5.92 Å². The largest absolute Gasteiger partial charge is 0.345 e. The van der Waals surface area contributed by atoms with Gasteiger partial charge >= 0.3 is 0 Å². The summed E-state index contributed by atoms with van der Waals surface area (Å²) in [6, 6.07) is 0. The van der Waals surface area contributed by atoms with E-state index in [0.29, 0.717) is 5.92 Å². The number of H-pyrrole nitrogens is 1. The first-order valence-electron chi connectivity index (χ1n) is 7.32. The molecule has 2 nitrogen and oxygen atoms in total. The van der Waals surface area contributed by atoms with Gasteiger partial charge in [-0.3, -0.25) is 0 Å². The average Bonchev–Trinajstić information content (AvgIpc) is 2.72. The van der Waals surface area contributed by atoms with Crippen molar-refractivity contribution in [1.82, 2.24) is 9.97 Å². The lowest BCUT2D eigenvalue weighted by molar-refractivity contribution is 0.491. The quantitative estimate of drug-likeness (QED) is 0.812. The Morgan fingerprint density at radius 1 is 1.41 bits per heavy atom. The lowest BCUT2D eigenvalue weighted by atomic mass is 9.92. The molecular weight excluding hydrogens is 208 g/mol. The fourth-order valence-corrected chi connectivity index (χ4v) is 2.85. The third-order valence-electron chi connectivity index (χ3n) is 4.09. The number of hydrogen-bond donors (Lipinski definition) is 1. The highest BCUT2D eigenvalue weighted by Crippen LogP contribution is 2.28. The number of rotatable bonds is 5. The minimum atomic E-state index is 0.649. The van der Waals surface area contributed by atoms with Crippen LogP contribution >= 0.6 is 0 Å². The van der Waals surface area contributed by atoms with Gasteiger partial charge in [-0.2, -0.15) is 0 Å². The van der Waals surface area contributed by atoms with Crippen LogP contribution in [0, 0.1) is 5.92 Å². The second-order valence-electron chi connectivity index (χ2n) is 5.64. The van der Waals surface area contributed by atoms with E-state index in [1.807, 2.05) is 0 Å². The molecule has 1 aromatic rings. The van der Waals surface area contributed by atoms with E-state index in [1.54, 1.807) is 0 Å². The third-order valence-corrected chi connectivity index (χ3v) is 4.09. The molecule has 2 unspecified atom stereocenters. The zero-order chi connectivity index (χ0) is 12.3. The van der Waals surface area contributed by atoms with E-state index in [1.165, 1.54) is 62.2 Å². The minimum absolute atomic E-state index is 0.649. The van der Waals surface area contributed by atoms with Gasteiger partial charge < -0.3 is 4.98 Å². The van der Waals surface area contributed by atoms with Crippen molar-refractivity contribution in [1.29, 1.82) is 0 Å². The van der Waals surface area contributed by atoms with Gasteiger partial charge in [0.25, 0.3) is 0 Å². The Balaban J connectivity index is 2.10. The monoisotopic (exact) mass is 234 g/mol. The summed E-state index contributed by atoms with van der Waals surface area (Å²) in [5.41, 5.74) is 2.78. The Morgan fingerprint density at radius 3 is 2.94 bits per heavy atom. The molecule has 0 fully saturated rings. The number of hydrogen-bond acceptors (Lipinski definition) is 1. The number of aryl methyl sites for hydroxylation is 1. The van der Waals surface area contributed by atoms with Crippen molar-refractivity contribution in [3.63, 3.8) is 0 Å². The number of aromatic nitrogens is 2. The molecule has 0 spiro atoms. The number of aromatic amines is 1. The molecule has 2 rings (SSSR count). The van der Waals surface area contributed by atoms with Crippen molar-refractivity contribution in [3.05, 3.63) is 17.2 Å². The maximum atomic E-state index is 4.85. The maximum Gasteiger partial charge on any atom is 0.109 e. The molecule has 17 heavy (non-hydrogen) atoms. The van der Waals surface area contributed by atoms with Crippen molar-refractivity contribution in [2.45, 2.75) is 71.6 Å². The first-order chi connectivity index (χ1) is 8.24. The lowest BCUT2D eigenvalue weighted by Crippen LogP contribution is -2.10. The molecule has 2 atom stereocenters. The van der Waals surface area contributed by atoms with E-state index < -0.39 is 0 Å². The van der Waals surface area contributed by atoms with Crippen LogP contribution in [0.15, 0.2) is 0 Å². The van der Waals surface area contributed by atoms with Crippen LogP contribution < -0.4 is 0 Å². The van der Waals surface area contributed by atoms with Gasteiger partial charge in [-0.15, -0.1) is 0 Å². The van der Waals surface area contributed by atoms with Gasteiger partial charge in [-0.1, -0.05) is 33.6 Å². The molecule has 0 saturated carbocycles. The Hall–Kier alpha value is -0.790. The van der Waals surface area contributed by atoms with E-state index in [2.05, 4.69) is 25.8 Å². The highest BCUT2D eigenvalue weighted by atomic mass is 14.9. The van der Waals surface area contributed by atoms with E-state index >= 15 is 0 Å². The van der Waals surface area contributed by atoms with E-state index in [-0.39, 0.29) is 0 Å². The standard InChI is InChI=1S/C15H26N2/c1-4-6-7-12(5-2)15-16-13-9-8-11(3)10-14(13)17-15/h11-12H,4-10H2,1-3H3,(H,16,17). The average molecular weight is 234 g/mol. The van der Waals surface area contributed by atoms with Crippen molar-refractivity contribution >= 4 is 0 Å². The third kappa shape index (κ3) is 2.91. The summed E-state index contributed by atoms with van der Waals surface area (Å²) in [5, 5.41) is 0. The van der Waals surface area contributed by atoms with E-state index in [4.69, 9.17) is 4.98 Å². The minimum Gasteiger partial charge on any atom is -0.345 e. The molecule has 1 aliphatic carbocycles. The summed E-state index contributed by atoms with van der Waals surface area (Å²) in [5.74, 6) is 2.74. The van der Waals surface area contributed by atoms with Gasteiger partial charge in [0.1, 0.15) is 5.82 Å². The van der Waals surface area contributed by atoms with Crippen molar-refractivity contribution < 1.29 is 0 Å². The number of imidazole rings is 1. The fourth-order valence-electron chi connectivity index (χ4n) is 2.85. The molecule has 0 bridgehead atoms. The van der Waals surface area contributed by atoms with Crippen LogP contribution in [0.3, 0.4) is 0 Å². The van der Waals surface area contributed by atoms with Crippen molar-refractivity contribution in [3.8, 4) is 0 Å². The van der Waals surface area contributed by atoms with Crippen LogP contribution in [0.5, 0.6) is 0 Å². The summed E-state index contributed by atoms with van der Waals surface area (Å²) >= 11 is 0. The normalized spacial score (nSPS) is 21.2. The molecule has 0 saturated heterocycles. The SMILES string of the molecule is CCCCC(CC)c1nc2c([nH]1)CC(C)CC2. The first-order valence-corrected chi connectivity index (χ1v) is 7.32. The van der Waals surface area contributed by atoms with E-state index in [0.717, 1.165) is 5.92 Å². The smallest absolute Gasteiger partial charge is 0.109 e. The predicted octanol–water partition coefficient (Wildman–Crippen LogP) is 4.22. The Labute approximate surface area is 105 Å². The maximum absolute atomic E-state index is 4.85. The summed E-state index contributed by atoms with van der Waals surface area (Å²) in [6.45, 7) is 6.89. The Morgan fingerprint density at radius 2 is 2.24 bits per heavy atom. The van der Waals surface area contributed by atoms with Gasteiger partial charge in [0.2, 0.25) is 0 Å². The molecule has 96 valence electrons. The van der Waals surface area contributed by atoms with Gasteiger partial charge in [0, 0.05) is 11.6 Å². The molecule has 0 radical (unpaired) electrons. The topological polar surface area (TPSA) is 28.7 Å². The van der Waals surface area contributed by atoms with Gasteiger partial charge in [-0.05, 0) is 38.0 Å². The number of fused-ring (bicyclic) bond motifs is 1. The molecule has 0 aliphatic heterocycles. The van der Waals surface area contributed by atoms with Gasteiger partial charge in [0.15, 0.2) is 0 Å². The van der Waals surface area contributed by atoms with Gasteiger partial charge in [-0.25, -0.2) is 4.98 Å². The summed E-state index contributed by atoms with van der Waals surface area (Å²) in [4.78, 5) is 8.47. The van der Waals surface area contributed by atoms with Crippen LogP contribution in [0.25, 0.3) is 0 Å². The zero-order valence-electron chi connectivity index (χ0n) is 11.6. The summed E-state index contributed by atoms with van der Waals surface area (Å²) in [7, 11) is 0. The fraction of sp³-hybridized carbons (Fsp3) is 0.800. The van der Waals surface area contributed by atoms with Crippen molar-refractivity contribution in [2.75, 3.05) is 0 Å². The summed E-state index contributed by atoms with van der Waals surface area (Å²) < 4.78 is 0. The molecule has 0 amide bonds. The first kappa shape index (κ1) is 12.7. The summed E-state index contributed by atoms with van der Waals surface area (Å²) in [6.07, 6.45) is 8.79. The predicted molar refractivity (Wildman–Crippen MR) is 72.3 cm³/mol. The molecule has 1 aliphatic rings. The highest BCUT2D eigenvalue weighted by molar-refractivity contribution is 5.20. The molecule has 1 heterocycles. The van der Waals surface area contributed by atoms with Crippen LogP contribution in [-0.4, -0.2) is 9.97 Å². The zero-order valence-corrected chi connectivity index (χ0v) is 11.6. The number of nitrogens with zero attached hydrogens (tertiary/aromatic N) is 1. The second kappa shape index (κ2) is 5.70. The van der Waals surface area contributed by atoms with E-state index in [9.17, 15) is 0 Å². The van der Waals surface area contributed by atoms with Gasteiger partial charge in [0.05, 0.1) is 5.69 Å². The Bertz CT molecular complexity index is 354.